The summed E-state index contributed by atoms with van der Waals surface area (Å²) in [6.45, 7) is 0. The third-order valence-electron chi connectivity index (χ3n) is 4.77. The molecule has 3 rings (SSSR count). The van der Waals surface area contributed by atoms with Crippen molar-refractivity contribution < 1.29 is 0 Å². The third kappa shape index (κ3) is 1.68. The Hall–Kier alpha value is -0.490. The lowest BCUT2D eigenvalue weighted by Crippen LogP contribution is -2.32. The van der Waals surface area contributed by atoms with Crippen LogP contribution >= 0.6 is 11.6 Å². The summed E-state index contributed by atoms with van der Waals surface area (Å²) in [5.41, 5.74) is 1.89. The van der Waals surface area contributed by atoms with Crippen molar-refractivity contribution in [2.75, 3.05) is 5.88 Å². The van der Waals surface area contributed by atoms with Crippen LogP contribution in [0.2, 0.25) is 0 Å². The van der Waals surface area contributed by atoms with Crippen molar-refractivity contribution >= 4 is 11.6 Å². The summed E-state index contributed by atoms with van der Waals surface area (Å²) in [5.74, 6) is 2.73. The smallest absolute Gasteiger partial charge is 0.0285 e. The number of halogens is 1. The van der Waals surface area contributed by atoms with E-state index in [1.165, 1.54) is 37.7 Å². The number of hydrogen-bond donors (Lipinski definition) is 0. The van der Waals surface area contributed by atoms with Crippen LogP contribution in [0.1, 0.15) is 31.2 Å². The van der Waals surface area contributed by atoms with Gasteiger partial charge in [-0.15, -0.1) is 11.6 Å². The predicted molar refractivity (Wildman–Crippen MR) is 68.7 cm³/mol. The molecule has 86 valence electrons. The fourth-order valence-electron chi connectivity index (χ4n) is 3.99. The summed E-state index contributed by atoms with van der Waals surface area (Å²) >= 11 is 6.31. The van der Waals surface area contributed by atoms with Crippen LogP contribution in [0.15, 0.2) is 30.3 Å². The molecule has 0 radical (unpaired) electrons. The zero-order chi connectivity index (χ0) is 11.0. The van der Waals surface area contributed by atoms with Gasteiger partial charge in [-0.2, -0.15) is 0 Å². The van der Waals surface area contributed by atoms with Gasteiger partial charge in [0, 0.05) is 5.88 Å². The van der Waals surface area contributed by atoms with Crippen LogP contribution < -0.4 is 0 Å². The first kappa shape index (κ1) is 10.7. The van der Waals surface area contributed by atoms with E-state index in [1.807, 2.05) is 0 Å². The van der Waals surface area contributed by atoms with Gasteiger partial charge in [0.15, 0.2) is 0 Å². The van der Waals surface area contributed by atoms with Crippen molar-refractivity contribution in [3.05, 3.63) is 35.9 Å². The van der Waals surface area contributed by atoms with Gasteiger partial charge >= 0.3 is 0 Å². The van der Waals surface area contributed by atoms with Crippen molar-refractivity contribution in [1.82, 2.24) is 0 Å². The minimum Gasteiger partial charge on any atom is -0.126 e. The fourth-order valence-corrected chi connectivity index (χ4v) is 4.41. The Bertz CT molecular complexity index is 359. The first-order valence-electron chi connectivity index (χ1n) is 6.42. The maximum atomic E-state index is 6.31. The highest BCUT2D eigenvalue weighted by molar-refractivity contribution is 6.18. The lowest BCUT2D eigenvalue weighted by molar-refractivity contribution is 0.193. The molecule has 2 aliphatic carbocycles. The molecule has 0 saturated heterocycles. The van der Waals surface area contributed by atoms with Crippen molar-refractivity contribution in [3.63, 3.8) is 0 Å². The van der Waals surface area contributed by atoms with Crippen molar-refractivity contribution in [3.8, 4) is 0 Å². The maximum absolute atomic E-state index is 6.31. The van der Waals surface area contributed by atoms with E-state index in [9.17, 15) is 0 Å². The Labute approximate surface area is 103 Å². The van der Waals surface area contributed by atoms with E-state index in [2.05, 4.69) is 30.3 Å². The van der Waals surface area contributed by atoms with E-state index in [-0.39, 0.29) is 0 Å². The number of fused-ring (bicyclic) bond motifs is 2. The fraction of sp³-hybridized carbons (Fsp3) is 0.600. The van der Waals surface area contributed by atoms with Crippen molar-refractivity contribution in [2.24, 2.45) is 17.3 Å². The number of hydrogen-bond acceptors (Lipinski definition) is 0. The third-order valence-corrected chi connectivity index (χ3v) is 5.30. The molecule has 3 atom stereocenters. The van der Waals surface area contributed by atoms with Crippen molar-refractivity contribution in [1.29, 1.82) is 0 Å². The number of rotatable bonds is 3. The minimum atomic E-state index is 0.422. The molecule has 2 aliphatic rings. The highest BCUT2D eigenvalue weighted by Gasteiger charge is 2.49. The highest BCUT2D eigenvalue weighted by Crippen LogP contribution is 2.57. The van der Waals surface area contributed by atoms with Crippen LogP contribution in [0.25, 0.3) is 0 Å². The summed E-state index contributed by atoms with van der Waals surface area (Å²) < 4.78 is 0. The molecule has 1 aromatic rings. The van der Waals surface area contributed by atoms with Gasteiger partial charge in [-0.25, -0.2) is 0 Å². The molecule has 0 heterocycles. The molecule has 16 heavy (non-hydrogen) atoms. The lowest BCUT2D eigenvalue weighted by Gasteiger charge is -2.36. The second kappa shape index (κ2) is 4.07. The molecular weight excluding hydrogens is 216 g/mol. The molecule has 3 unspecified atom stereocenters. The van der Waals surface area contributed by atoms with Crippen LogP contribution in [-0.2, 0) is 6.42 Å². The quantitative estimate of drug-likeness (QED) is 0.685. The zero-order valence-electron chi connectivity index (χ0n) is 9.66. The Balaban J connectivity index is 1.82. The molecule has 2 saturated carbocycles. The Morgan fingerprint density at radius 2 is 2.00 bits per heavy atom. The maximum Gasteiger partial charge on any atom is 0.0285 e. The molecule has 0 aliphatic heterocycles. The molecule has 0 N–H and O–H groups in total. The van der Waals surface area contributed by atoms with Gasteiger partial charge in [0.2, 0.25) is 0 Å². The lowest BCUT2D eigenvalue weighted by atomic mass is 9.71. The summed E-state index contributed by atoms with van der Waals surface area (Å²) in [7, 11) is 0. The van der Waals surface area contributed by atoms with E-state index in [0.29, 0.717) is 5.41 Å². The molecule has 0 nitrogen and oxygen atoms in total. The van der Waals surface area contributed by atoms with Crippen molar-refractivity contribution in [2.45, 2.75) is 32.1 Å². The Morgan fingerprint density at radius 1 is 1.19 bits per heavy atom. The van der Waals surface area contributed by atoms with Gasteiger partial charge in [-0.05, 0) is 48.5 Å². The van der Waals surface area contributed by atoms with Crippen LogP contribution in [0.5, 0.6) is 0 Å². The van der Waals surface area contributed by atoms with Gasteiger partial charge < -0.3 is 0 Å². The minimum absolute atomic E-state index is 0.422. The van der Waals surface area contributed by atoms with Crippen LogP contribution in [0, 0.1) is 17.3 Å². The molecule has 0 amide bonds. The predicted octanol–water partition coefficient (Wildman–Crippen LogP) is 4.27. The first-order valence-corrected chi connectivity index (χ1v) is 6.96. The standard InChI is InChI=1S/C15H19Cl/c16-11-15(9-12-4-2-1-3-5-12)10-13-6-7-14(15)8-13/h1-5,13-14H,6-11H2. The molecule has 0 aromatic heterocycles. The monoisotopic (exact) mass is 234 g/mol. The molecule has 1 heteroatoms. The summed E-state index contributed by atoms with van der Waals surface area (Å²) in [5, 5.41) is 0. The van der Waals surface area contributed by atoms with Gasteiger partial charge in [-0.1, -0.05) is 36.8 Å². The Kier molecular flexibility index (Phi) is 2.71. The van der Waals surface area contributed by atoms with E-state index >= 15 is 0 Å². The van der Waals surface area contributed by atoms with Gasteiger partial charge in [0.25, 0.3) is 0 Å². The van der Waals surface area contributed by atoms with Crippen LogP contribution in [-0.4, -0.2) is 5.88 Å². The topological polar surface area (TPSA) is 0 Å². The summed E-state index contributed by atoms with van der Waals surface area (Å²) in [6.07, 6.45) is 6.89. The Morgan fingerprint density at radius 3 is 2.56 bits per heavy atom. The van der Waals surface area contributed by atoms with E-state index in [0.717, 1.165) is 17.7 Å². The largest absolute Gasteiger partial charge is 0.126 e. The SMILES string of the molecule is ClCC1(Cc2ccccc2)CC2CCC1C2. The van der Waals surface area contributed by atoms with Crippen LogP contribution in [0.3, 0.4) is 0 Å². The van der Waals surface area contributed by atoms with Gasteiger partial charge in [0.1, 0.15) is 0 Å². The zero-order valence-corrected chi connectivity index (χ0v) is 10.4. The second-order valence-electron chi connectivity index (χ2n) is 5.74. The average molecular weight is 235 g/mol. The number of alkyl halides is 1. The molecule has 1 aromatic carbocycles. The first-order chi connectivity index (χ1) is 7.82. The second-order valence-corrected chi connectivity index (χ2v) is 6.01. The van der Waals surface area contributed by atoms with E-state index < -0.39 is 0 Å². The average Bonchev–Trinajstić information content (AvgIpc) is 2.91. The molecule has 0 spiro atoms. The molecule has 2 bridgehead atoms. The highest BCUT2D eigenvalue weighted by atomic mass is 35.5. The summed E-state index contributed by atoms with van der Waals surface area (Å²) in [4.78, 5) is 0. The molecule has 2 fully saturated rings. The van der Waals surface area contributed by atoms with E-state index in [4.69, 9.17) is 11.6 Å². The normalized spacial score (nSPS) is 36.8. The molecular formula is C15H19Cl. The van der Waals surface area contributed by atoms with Crippen LogP contribution in [0.4, 0.5) is 0 Å². The number of benzene rings is 1. The summed E-state index contributed by atoms with van der Waals surface area (Å²) in [6, 6.07) is 10.9. The van der Waals surface area contributed by atoms with E-state index in [1.54, 1.807) is 0 Å². The van der Waals surface area contributed by atoms with Gasteiger partial charge in [0.05, 0.1) is 0 Å². The van der Waals surface area contributed by atoms with Gasteiger partial charge in [-0.3, -0.25) is 0 Å².